The second-order valence-corrected chi connectivity index (χ2v) is 7.98. The molecule has 0 aromatic heterocycles. The first-order chi connectivity index (χ1) is 14.1. The molecule has 29 heavy (non-hydrogen) atoms. The number of ether oxygens (including phenoxy) is 2. The first-order valence-electron chi connectivity index (χ1n) is 10.4. The molecule has 1 unspecified atom stereocenters. The lowest BCUT2D eigenvalue weighted by Crippen LogP contribution is -2.37. The molecule has 154 valence electrons. The van der Waals surface area contributed by atoms with E-state index in [0.717, 1.165) is 75.2 Å². The molecular weight excluding hydrogens is 368 g/mol. The van der Waals surface area contributed by atoms with Gasteiger partial charge in [0.2, 0.25) is 0 Å². The van der Waals surface area contributed by atoms with E-state index < -0.39 is 6.10 Å². The van der Waals surface area contributed by atoms with Gasteiger partial charge in [0.05, 0.1) is 24.6 Å². The number of allylic oxidation sites excluding steroid dienone is 1. The molecule has 1 atom stereocenters. The summed E-state index contributed by atoms with van der Waals surface area (Å²) >= 11 is 0. The SMILES string of the molecule is CC1CCN(c2cc(N3CCOCC3)ccc2NC(=O)C2CC=C(C#N)O2)CC1. The van der Waals surface area contributed by atoms with Crippen molar-refractivity contribution in [3.05, 3.63) is 30.0 Å². The number of nitrogens with zero attached hydrogens (tertiary/aromatic N) is 3. The molecule has 1 aromatic carbocycles. The summed E-state index contributed by atoms with van der Waals surface area (Å²) in [6.45, 7) is 7.49. The molecule has 1 N–H and O–H groups in total. The van der Waals surface area contributed by atoms with Gasteiger partial charge >= 0.3 is 0 Å². The van der Waals surface area contributed by atoms with Crippen molar-refractivity contribution in [3.63, 3.8) is 0 Å². The normalized spacial score (nSPS) is 22.6. The number of benzene rings is 1. The summed E-state index contributed by atoms with van der Waals surface area (Å²) in [5, 5.41) is 12.0. The average molecular weight is 396 g/mol. The van der Waals surface area contributed by atoms with Crippen LogP contribution in [0.5, 0.6) is 0 Å². The smallest absolute Gasteiger partial charge is 0.265 e. The van der Waals surface area contributed by atoms with Crippen molar-refractivity contribution in [1.29, 1.82) is 5.26 Å². The number of anilines is 3. The fourth-order valence-corrected chi connectivity index (χ4v) is 4.06. The van der Waals surface area contributed by atoms with Crippen LogP contribution in [0.25, 0.3) is 0 Å². The van der Waals surface area contributed by atoms with Crippen molar-refractivity contribution in [2.24, 2.45) is 5.92 Å². The Bertz CT molecular complexity index is 818. The zero-order valence-electron chi connectivity index (χ0n) is 16.9. The van der Waals surface area contributed by atoms with Gasteiger partial charge in [-0.1, -0.05) is 6.92 Å². The molecule has 0 aliphatic carbocycles. The van der Waals surface area contributed by atoms with Crippen LogP contribution in [0.3, 0.4) is 0 Å². The predicted octanol–water partition coefficient (Wildman–Crippen LogP) is 2.89. The summed E-state index contributed by atoms with van der Waals surface area (Å²) in [6, 6.07) is 8.20. The zero-order chi connectivity index (χ0) is 20.2. The second kappa shape index (κ2) is 8.75. The van der Waals surface area contributed by atoms with Gasteiger partial charge in [0.1, 0.15) is 6.07 Å². The molecule has 3 aliphatic heterocycles. The Hall–Kier alpha value is -2.72. The maximum absolute atomic E-state index is 12.7. The standard InChI is InChI=1S/C22H28N4O3/c1-16-6-8-26(9-7-16)20-14-17(25-10-12-28-13-11-25)2-4-19(20)24-22(27)21-5-3-18(15-23)29-21/h2-4,14,16,21H,5-13H2,1H3,(H,24,27). The van der Waals surface area contributed by atoms with Crippen LogP contribution in [-0.2, 0) is 14.3 Å². The van der Waals surface area contributed by atoms with E-state index in [1.165, 1.54) is 0 Å². The van der Waals surface area contributed by atoms with Crippen molar-refractivity contribution >= 4 is 23.0 Å². The molecule has 0 saturated carbocycles. The highest BCUT2D eigenvalue weighted by atomic mass is 16.5. The Kier molecular flexibility index (Phi) is 5.91. The minimum Gasteiger partial charge on any atom is -0.470 e. The van der Waals surface area contributed by atoms with Crippen molar-refractivity contribution in [3.8, 4) is 6.07 Å². The van der Waals surface area contributed by atoms with Crippen LogP contribution in [0.15, 0.2) is 30.0 Å². The maximum atomic E-state index is 12.7. The lowest BCUT2D eigenvalue weighted by molar-refractivity contribution is -0.123. The summed E-state index contributed by atoms with van der Waals surface area (Å²) in [5.74, 6) is 0.740. The Balaban J connectivity index is 1.55. The summed E-state index contributed by atoms with van der Waals surface area (Å²) in [5.41, 5.74) is 3.02. The van der Waals surface area contributed by atoms with Crippen molar-refractivity contribution in [2.45, 2.75) is 32.3 Å². The average Bonchev–Trinajstić information content (AvgIpc) is 3.25. The van der Waals surface area contributed by atoms with Gasteiger partial charge in [0, 0.05) is 38.3 Å². The van der Waals surface area contributed by atoms with Gasteiger partial charge in [-0.3, -0.25) is 4.79 Å². The number of nitrogens with one attached hydrogen (secondary N) is 1. The summed E-state index contributed by atoms with van der Waals surface area (Å²) < 4.78 is 10.9. The Morgan fingerprint density at radius 1 is 1.17 bits per heavy atom. The zero-order valence-corrected chi connectivity index (χ0v) is 16.9. The highest BCUT2D eigenvalue weighted by molar-refractivity contribution is 5.98. The molecule has 3 aliphatic rings. The Morgan fingerprint density at radius 3 is 2.62 bits per heavy atom. The fraction of sp³-hybridized carbons (Fsp3) is 0.545. The molecule has 3 heterocycles. The third-order valence-electron chi connectivity index (χ3n) is 5.93. The van der Waals surface area contributed by atoms with Crippen LogP contribution in [0.2, 0.25) is 0 Å². The topological polar surface area (TPSA) is 77.8 Å². The van der Waals surface area contributed by atoms with Crippen LogP contribution in [-0.4, -0.2) is 51.4 Å². The molecule has 1 aromatic rings. The van der Waals surface area contributed by atoms with Gasteiger partial charge in [-0.15, -0.1) is 0 Å². The number of hydrogen-bond donors (Lipinski definition) is 1. The Labute approximate surface area is 171 Å². The highest BCUT2D eigenvalue weighted by Gasteiger charge is 2.27. The summed E-state index contributed by atoms with van der Waals surface area (Å²) in [6.07, 6.45) is 3.75. The monoisotopic (exact) mass is 396 g/mol. The first kappa shape index (κ1) is 19.6. The third-order valence-corrected chi connectivity index (χ3v) is 5.93. The number of hydrogen-bond acceptors (Lipinski definition) is 6. The lowest BCUT2D eigenvalue weighted by atomic mass is 9.98. The molecule has 2 saturated heterocycles. The van der Waals surface area contributed by atoms with Gasteiger partial charge in [-0.05, 0) is 43.0 Å². The summed E-state index contributed by atoms with van der Waals surface area (Å²) in [7, 11) is 0. The van der Waals surface area contributed by atoms with Gasteiger partial charge in [0.25, 0.3) is 5.91 Å². The first-order valence-corrected chi connectivity index (χ1v) is 10.4. The van der Waals surface area contributed by atoms with Crippen LogP contribution >= 0.6 is 0 Å². The number of morpholine rings is 1. The van der Waals surface area contributed by atoms with Crippen LogP contribution in [0, 0.1) is 17.2 Å². The molecule has 7 heteroatoms. The van der Waals surface area contributed by atoms with E-state index in [2.05, 4.69) is 34.2 Å². The number of carbonyl (C=O) groups is 1. The van der Waals surface area contributed by atoms with E-state index in [1.54, 1.807) is 6.08 Å². The fourth-order valence-electron chi connectivity index (χ4n) is 4.06. The van der Waals surface area contributed by atoms with Crippen LogP contribution < -0.4 is 15.1 Å². The minimum atomic E-state index is -0.641. The van der Waals surface area contributed by atoms with E-state index in [9.17, 15) is 4.79 Å². The molecule has 1 amide bonds. The number of rotatable bonds is 4. The van der Waals surface area contributed by atoms with E-state index in [4.69, 9.17) is 14.7 Å². The highest BCUT2D eigenvalue weighted by Crippen LogP contribution is 2.34. The van der Waals surface area contributed by atoms with Gasteiger partial charge in [0.15, 0.2) is 11.9 Å². The van der Waals surface area contributed by atoms with Crippen LogP contribution in [0.4, 0.5) is 17.1 Å². The number of piperidine rings is 1. The molecule has 0 radical (unpaired) electrons. The third kappa shape index (κ3) is 4.48. The number of carbonyl (C=O) groups excluding carboxylic acids is 1. The Morgan fingerprint density at radius 2 is 1.93 bits per heavy atom. The van der Waals surface area contributed by atoms with Crippen LogP contribution in [0.1, 0.15) is 26.2 Å². The van der Waals surface area contributed by atoms with E-state index in [-0.39, 0.29) is 11.7 Å². The second-order valence-electron chi connectivity index (χ2n) is 7.98. The van der Waals surface area contributed by atoms with Crippen molar-refractivity contribution < 1.29 is 14.3 Å². The molecule has 2 fully saturated rings. The van der Waals surface area contributed by atoms with Gasteiger partial charge < -0.3 is 24.6 Å². The molecule has 7 nitrogen and oxygen atoms in total. The van der Waals surface area contributed by atoms with Crippen molar-refractivity contribution in [1.82, 2.24) is 0 Å². The maximum Gasteiger partial charge on any atom is 0.265 e. The number of nitriles is 1. The number of amides is 1. The largest absolute Gasteiger partial charge is 0.470 e. The quantitative estimate of drug-likeness (QED) is 0.843. The van der Waals surface area contributed by atoms with E-state index in [1.807, 2.05) is 12.1 Å². The minimum absolute atomic E-state index is 0.211. The van der Waals surface area contributed by atoms with E-state index >= 15 is 0 Å². The van der Waals surface area contributed by atoms with Gasteiger partial charge in [-0.2, -0.15) is 5.26 Å². The molecule has 0 bridgehead atoms. The lowest BCUT2D eigenvalue weighted by Gasteiger charge is -2.35. The molecular formula is C22H28N4O3. The molecule has 4 rings (SSSR count). The molecule has 0 spiro atoms. The van der Waals surface area contributed by atoms with Crippen molar-refractivity contribution in [2.75, 3.05) is 54.5 Å². The summed E-state index contributed by atoms with van der Waals surface area (Å²) in [4.78, 5) is 17.4. The van der Waals surface area contributed by atoms with Gasteiger partial charge in [-0.25, -0.2) is 0 Å². The van der Waals surface area contributed by atoms with E-state index in [0.29, 0.717) is 6.42 Å². The predicted molar refractivity (Wildman–Crippen MR) is 112 cm³/mol.